The zero-order valence-electron chi connectivity index (χ0n) is 16.3. The zero-order chi connectivity index (χ0) is 18.4. The minimum absolute atomic E-state index is 0. The van der Waals surface area contributed by atoms with Gasteiger partial charge in [0.1, 0.15) is 0 Å². The molecule has 0 aliphatic carbocycles. The van der Waals surface area contributed by atoms with Gasteiger partial charge in [0.05, 0.1) is 6.42 Å². The number of carbonyl (C=O) groups excluding carboxylic acids is 2. The molecule has 0 spiro atoms. The lowest BCUT2D eigenvalue weighted by Gasteiger charge is -2.32. The Morgan fingerprint density at radius 2 is 1.85 bits per heavy atom. The van der Waals surface area contributed by atoms with Crippen molar-refractivity contribution in [2.75, 3.05) is 25.5 Å². The molecule has 1 aliphatic rings. The molecule has 2 amide bonds. The molecular formula is C20H32ClN3O2. The van der Waals surface area contributed by atoms with E-state index in [2.05, 4.69) is 10.6 Å². The number of amides is 2. The fraction of sp³-hybridized carbons (Fsp3) is 0.600. The van der Waals surface area contributed by atoms with Crippen LogP contribution in [0, 0.1) is 5.41 Å². The van der Waals surface area contributed by atoms with Crippen LogP contribution < -0.4 is 10.6 Å². The molecule has 1 aromatic carbocycles. The van der Waals surface area contributed by atoms with E-state index in [9.17, 15) is 9.59 Å². The van der Waals surface area contributed by atoms with Crippen molar-refractivity contribution in [2.24, 2.45) is 5.41 Å². The van der Waals surface area contributed by atoms with Crippen LogP contribution in [0.2, 0.25) is 0 Å². The third-order valence-electron chi connectivity index (χ3n) is 4.47. The molecule has 0 radical (unpaired) electrons. The predicted octanol–water partition coefficient (Wildman–Crippen LogP) is 3.24. The van der Waals surface area contributed by atoms with Gasteiger partial charge in [0.2, 0.25) is 11.8 Å². The second-order valence-corrected chi connectivity index (χ2v) is 8.13. The van der Waals surface area contributed by atoms with Crippen molar-refractivity contribution >= 4 is 29.9 Å². The lowest BCUT2D eigenvalue weighted by molar-refractivity contribution is -0.131. The third-order valence-corrected chi connectivity index (χ3v) is 4.47. The summed E-state index contributed by atoms with van der Waals surface area (Å²) in [4.78, 5) is 26.4. The number of likely N-dealkylation sites (tertiary alicyclic amines) is 1. The summed E-state index contributed by atoms with van der Waals surface area (Å²) in [5.41, 5.74) is 1.72. The second-order valence-electron chi connectivity index (χ2n) is 8.13. The van der Waals surface area contributed by atoms with Crippen LogP contribution in [-0.4, -0.2) is 42.9 Å². The SMILES string of the molecule is CNC1CCCN(C(=O)Cc2ccc(NC(=O)CC(C)(C)C)cc2)C1.Cl. The molecule has 2 N–H and O–H groups in total. The molecule has 1 fully saturated rings. The molecule has 2 rings (SSSR count). The normalized spacial score (nSPS) is 17.4. The van der Waals surface area contributed by atoms with E-state index in [-0.39, 0.29) is 29.6 Å². The maximum absolute atomic E-state index is 12.5. The topological polar surface area (TPSA) is 61.4 Å². The van der Waals surface area contributed by atoms with Crippen LogP contribution in [0.5, 0.6) is 0 Å². The maximum Gasteiger partial charge on any atom is 0.227 e. The van der Waals surface area contributed by atoms with E-state index >= 15 is 0 Å². The van der Waals surface area contributed by atoms with Crippen molar-refractivity contribution in [2.45, 2.75) is 52.5 Å². The van der Waals surface area contributed by atoms with E-state index in [0.717, 1.165) is 37.2 Å². The Kier molecular flexibility index (Phi) is 8.57. The number of likely N-dealkylation sites (N-methyl/N-ethyl adjacent to an activating group) is 1. The third kappa shape index (κ3) is 7.34. The molecule has 1 saturated heterocycles. The summed E-state index contributed by atoms with van der Waals surface area (Å²) in [6.07, 6.45) is 3.07. The standard InChI is InChI=1S/C20H31N3O2.ClH/c1-20(2,3)13-18(24)22-16-9-7-15(8-10-16)12-19(25)23-11-5-6-17(14-23)21-4;/h7-10,17,21H,5-6,11-14H2,1-4H3,(H,22,24);1H. The Balaban J connectivity index is 0.00000338. The first kappa shape index (κ1) is 22.5. The molecule has 5 nitrogen and oxygen atoms in total. The van der Waals surface area contributed by atoms with E-state index in [0.29, 0.717) is 18.9 Å². The zero-order valence-corrected chi connectivity index (χ0v) is 17.1. The highest BCUT2D eigenvalue weighted by Crippen LogP contribution is 2.20. The van der Waals surface area contributed by atoms with E-state index < -0.39 is 0 Å². The van der Waals surface area contributed by atoms with Crippen LogP contribution in [0.1, 0.15) is 45.6 Å². The van der Waals surface area contributed by atoms with Crippen molar-refractivity contribution in [1.29, 1.82) is 0 Å². The Morgan fingerprint density at radius 1 is 1.19 bits per heavy atom. The van der Waals surface area contributed by atoms with Gasteiger partial charge in [0, 0.05) is 31.2 Å². The first-order chi connectivity index (χ1) is 11.8. The number of anilines is 1. The van der Waals surface area contributed by atoms with Gasteiger partial charge < -0.3 is 15.5 Å². The number of benzene rings is 1. The molecule has 146 valence electrons. The van der Waals surface area contributed by atoms with Crippen LogP contribution >= 0.6 is 12.4 Å². The van der Waals surface area contributed by atoms with Gasteiger partial charge in [-0.2, -0.15) is 0 Å². The maximum atomic E-state index is 12.5. The van der Waals surface area contributed by atoms with E-state index in [1.54, 1.807) is 0 Å². The summed E-state index contributed by atoms with van der Waals surface area (Å²) in [7, 11) is 1.95. The van der Waals surface area contributed by atoms with E-state index in [4.69, 9.17) is 0 Å². The van der Waals surface area contributed by atoms with Crippen LogP contribution in [0.4, 0.5) is 5.69 Å². The average Bonchev–Trinajstić information content (AvgIpc) is 2.55. The van der Waals surface area contributed by atoms with Gasteiger partial charge in [0.25, 0.3) is 0 Å². The summed E-state index contributed by atoms with van der Waals surface area (Å²) >= 11 is 0. The van der Waals surface area contributed by atoms with Crippen molar-refractivity contribution in [3.05, 3.63) is 29.8 Å². The highest BCUT2D eigenvalue weighted by molar-refractivity contribution is 5.91. The Labute approximate surface area is 163 Å². The number of nitrogens with one attached hydrogen (secondary N) is 2. The van der Waals surface area contributed by atoms with Gasteiger partial charge in [-0.1, -0.05) is 32.9 Å². The monoisotopic (exact) mass is 381 g/mol. The summed E-state index contributed by atoms with van der Waals surface area (Å²) in [5, 5.41) is 6.17. The molecule has 1 heterocycles. The van der Waals surface area contributed by atoms with E-state index in [1.165, 1.54) is 0 Å². The van der Waals surface area contributed by atoms with Gasteiger partial charge >= 0.3 is 0 Å². The molecule has 26 heavy (non-hydrogen) atoms. The number of rotatable bonds is 5. The smallest absolute Gasteiger partial charge is 0.227 e. The molecular weight excluding hydrogens is 350 g/mol. The number of nitrogens with zero attached hydrogens (tertiary/aromatic N) is 1. The van der Waals surface area contributed by atoms with Crippen molar-refractivity contribution in [3.8, 4) is 0 Å². The number of carbonyl (C=O) groups is 2. The van der Waals surface area contributed by atoms with Crippen LogP contribution in [0.15, 0.2) is 24.3 Å². The Bertz CT molecular complexity index is 596. The van der Waals surface area contributed by atoms with Gasteiger partial charge in [-0.05, 0) is 43.0 Å². The summed E-state index contributed by atoms with van der Waals surface area (Å²) in [5.74, 6) is 0.187. The minimum atomic E-state index is -0.0317. The molecule has 6 heteroatoms. The highest BCUT2D eigenvalue weighted by atomic mass is 35.5. The fourth-order valence-corrected chi connectivity index (χ4v) is 3.12. The summed E-state index contributed by atoms with van der Waals surface area (Å²) < 4.78 is 0. The van der Waals surface area contributed by atoms with Crippen LogP contribution in [0.25, 0.3) is 0 Å². The van der Waals surface area contributed by atoms with Crippen molar-refractivity contribution < 1.29 is 9.59 Å². The average molecular weight is 382 g/mol. The number of piperidine rings is 1. The van der Waals surface area contributed by atoms with Crippen LogP contribution in [-0.2, 0) is 16.0 Å². The number of halogens is 1. The molecule has 0 aromatic heterocycles. The van der Waals surface area contributed by atoms with E-state index in [1.807, 2.05) is 57.0 Å². The van der Waals surface area contributed by atoms with Gasteiger partial charge in [-0.3, -0.25) is 9.59 Å². The lowest BCUT2D eigenvalue weighted by Crippen LogP contribution is -2.47. The number of hydrogen-bond donors (Lipinski definition) is 2. The first-order valence-electron chi connectivity index (χ1n) is 9.11. The minimum Gasteiger partial charge on any atom is -0.341 e. The molecule has 1 unspecified atom stereocenters. The molecule has 0 bridgehead atoms. The fourth-order valence-electron chi connectivity index (χ4n) is 3.12. The highest BCUT2D eigenvalue weighted by Gasteiger charge is 2.22. The number of hydrogen-bond acceptors (Lipinski definition) is 3. The van der Waals surface area contributed by atoms with Crippen molar-refractivity contribution in [1.82, 2.24) is 10.2 Å². The molecule has 0 saturated carbocycles. The van der Waals surface area contributed by atoms with Crippen molar-refractivity contribution in [3.63, 3.8) is 0 Å². The lowest BCUT2D eigenvalue weighted by atomic mass is 9.92. The van der Waals surface area contributed by atoms with Crippen LogP contribution in [0.3, 0.4) is 0 Å². The Morgan fingerprint density at radius 3 is 2.42 bits per heavy atom. The van der Waals surface area contributed by atoms with Gasteiger partial charge in [-0.15, -0.1) is 12.4 Å². The predicted molar refractivity (Wildman–Crippen MR) is 109 cm³/mol. The first-order valence-corrected chi connectivity index (χ1v) is 9.11. The molecule has 1 aliphatic heterocycles. The summed E-state index contributed by atoms with van der Waals surface area (Å²) in [6.45, 7) is 7.76. The molecule has 1 atom stereocenters. The van der Waals surface area contributed by atoms with Gasteiger partial charge in [0.15, 0.2) is 0 Å². The summed E-state index contributed by atoms with van der Waals surface area (Å²) in [6, 6.07) is 7.98. The quantitative estimate of drug-likeness (QED) is 0.823. The largest absolute Gasteiger partial charge is 0.341 e. The second kappa shape index (κ2) is 9.93. The van der Waals surface area contributed by atoms with Gasteiger partial charge in [-0.25, -0.2) is 0 Å². The Hall–Kier alpha value is -1.59. The molecule has 1 aromatic rings.